The molecule has 0 bridgehead atoms. The minimum Gasteiger partial charge on any atom is -0.493 e. The predicted octanol–water partition coefficient (Wildman–Crippen LogP) is 5.70. The van der Waals surface area contributed by atoms with Crippen molar-refractivity contribution in [1.29, 1.82) is 0 Å². The van der Waals surface area contributed by atoms with Gasteiger partial charge in [0.15, 0.2) is 23.2 Å². The summed E-state index contributed by atoms with van der Waals surface area (Å²) in [4.78, 5) is 19.4. The normalized spacial score (nSPS) is 10.7. The van der Waals surface area contributed by atoms with Crippen LogP contribution < -0.4 is 14.4 Å². The van der Waals surface area contributed by atoms with Crippen molar-refractivity contribution < 1.29 is 14.3 Å². The summed E-state index contributed by atoms with van der Waals surface area (Å²) in [5.74, 6) is 0.797. The molecule has 0 unspecified atom stereocenters. The van der Waals surface area contributed by atoms with Gasteiger partial charge in [-0.1, -0.05) is 53.3 Å². The van der Waals surface area contributed by atoms with E-state index in [1.54, 1.807) is 37.4 Å². The summed E-state index contributed by atoms with van der Waals surface area (Å²) < 4.78 is 12.0. The van der Waals surface area contributed by atoms with Crippen LogP contribution in [0.3, 0.4) is 0 Å². The maximum Gasteiger partial charge on any atom is 0.271 e. The molecule has 0 spiro atoms. The van der Waals surface area contributed by atoms with Gasteiger partial charge in [0.1, 0.15) is 0 Å². The van der Waals surface area contributed by atoms with Gasteiger partial charge in [0.2, 0.25) is 0 Å². The first-order valence-corrected chi connectivity index (χ1v) is 10.0. The molecule has 0 saturated carbocycles. The van der Waals surface area contributed by atoms with Crippen molar-refractivity contribution >= 4 is 49.9 Å². The summed E-state index contributed by atoms with van der Waals surface area (Å²) in [6, 6.07) is 22.1. The summed E-state index contributed by atoms with van der Waals surface area (Å²) in [6.07, 6.45) is 0. The van der Waals surface area contributed by atoms with Crippen LogP contribution in [0, 0.1) is 0 Å². The number of carbonyl (C=O) groups excluding carboxylic acids is 1. The molecule has 0 N–H and O–H groups in total. The third kappa shape index (κ3) is 4.18. The number of rotatable bonds is 6. The third-order valence-corrected chi connectivity index (χ3v) is 5.47. The Balaban J connectivity index is 1.67. The molecule has 4 aromatic rings. The van der Waals surface area contributed by atoms with Gasteiger partial charge in [-0.2, -0.15) is 0 Å². The van der Waals surface area contributed by atoms with E-state index in [0.29, 0.717) is 27.3 Å². The lowest BCUT2D eigenvalue weighted by molar-refractivity contribution is -0.119. The summed E-state index contributed by atoms with van der Waals surface area (Å²) in [7, 11) is 1.56. The van der Waals surface area contributed by atoms with Gasteiger partial charge in [0.05, 0.1) is 23.0 Å². The lowest BCUT2D eigenvalue weighted by Gasteiger charge is -2.20. The molecule has 5 nitrogen and oxygen atoms in total. The fraction of sp³-hybridized carbons (Fsp3) is 0.0909. The number of amides is 1. The number of methoxy groups -OCH3 is 1. The standard InChI is InChI=1S/C22H17ClN2O3S/c1-27-18-10-3-4-11-19(18)28-14-21(26)25(16-8-6-7-15(23)13-16)22-24-17-9-2-5-12-20(17)29-22/h2-13H,14H2,1H3. The SMILES string of the molecule is COc1ccccc1OCC(=O)N(c1cccc(Cl)c1)c1nc2ccccc2s1. The van der Waals surface area contributed by atoms with Gasteiger partial charge >= 0.3 is 0 Å². The van der Waals surface area contributed by atoms with Gasteiger partial charge in [0, 0.05) is 5.02 Å². The lowest BCUT2D eigenvalue weighted by atomic mass is 10.3. The molecular formula is C22H17ClN2O3S. The summed E-state index contributed by atoms with van der Waals surface area (Å²) in [5, 5.41) is 1.09. The Hall–Kier alpha value is -3.09. The molecule has 4 rings (SSSR count). The number of ether oxygens (including phenoxy) is 2. The number of fused-ring (bicyclic) bond motifs is 1. The van der Waals surface area contributed by atoms with E-state index in [1.165, 1.54) is 16.2 Å². The number of benzene rings is 3. The second kappa shape index (κ2) is 8.51. The number of para-hydroxylation sites is 3. The van der Waals surface area contributed by atoms with E-state index in [1.807, 2.05) is 42.5 Å². The Labute approximate surface area is 177 Å². The molecule has 0 fully saturated rings. The Bertz CT molecular complexity index is 1130. The van der Waals surface area contributed by atoms with Gasteiger partial charge in [-0.25, -0.2) is 4.98 Å². The summed E-state index contributed by atoms with van der Waals surface area (Å²) >= 11 is 7.60. The highest BCUT2D eigenvalue weighted by Crippen LogP contribution is 2.34. The van der Waals surface area contributed by atoms with Gasteiger partial charge in [0.25, 0.3) is 5.91 Å². The minimum atomic E-state index is -0.266. The Kier molecular flexibility index (Phi) is 5.64. The monoisotopic (exact) mass is 424 g/mol. The lowest BCUT2D eigenvalue weighted by Crippen LogP contribution is -2.30. The molecule has 0 aliphatic carbocycles. The van der Waals surface area contributed by atoms with Crippen molar-refractivity contribution in [2.45, 2.75) is 0 Å². The van der Waals surface area contributed by atoms with Crippen LogP contribution in [-0.4, -0.2) is 24.6 Å². The molecule has 146 valence electrons. The van der Waals surface area contributed by atoms with Crippen molar-refractivity contribution in [2.24, 2.45) is 0 Å². The van der Waals surface area contributed by atoms with Crippen molar-refractivity contribution in [2.75, 3.05) is 18.6 Å². The number of nitrogens with zero attached hydrogens (tertiary/aromatic N) is 2. The number of anilines is 2. The van der Waals surface area contributed by atoms with Crippen LogP contribution in [0.1, 0.15) is 0 Å². The highest BCUT2D eigenvalue weighted by molar-refractivity contribution is 7.22. The Morgan fingerprint density at radius 1 is 1.03 bits per heavy atom. The van der Waals surface area contributed by atoms with E-state index in [9.17, 15) is 4.79 Å². The molecule has 3 aromatic carbocycles. The fourth-order valence-corrected chi connectivity index (χ4v) is 4.06. The van der Waals surface area contributed by atoms with Crippen LogP contribution in [-0.2, 0) is 4.79 Å². The molecule has 0 saturated heterocycles. The number of thiazole rings is 1. The van der Waals surface area contributed by atoms with Crippen molar-refractivity contribution in [1.82, 2.24) is 4.98 Å². The topological polar surface area (TPSA) is 51.7 Å². The van der Waals surface area contributed by atoms with Crippen LogP contribution in [0.15, 0.2) is 72.8 Å². The first-order valence-electron chi connectivity index (χ1n) is 8.85. The van der Waals surface area contributed by atoms with Gasteiger partial charge in [-0.15, -0.1) is 0 Å². The fourth-order valence-electron chi connectivity index (χ4n) is 2.87. The molecule has 1 heterocycles. The van der Waals surface area contributed by atoms with Gasteiger partial charge in [-0.3, -0.25) is 9.69 Å². The van der Waals surface area contributed by atoms with Crippen molar-refractivity contribution in [3.63, 3.8) is 0 Å². The minimum absolute atomic E-state index is 0.178. The Morgan fingerprint density at radius 2 is 1.79 bits per heavy atom. The van der Waals surface area contributed by atoms with Crippen LogP contribution in [0.4, 0.5) is 10.8 Å². The van der Waals surface area contributed by atoms with E-state index in [0.717, 1.165) is 10.2 Å². The van der Waals surface area contributed by atoms with Crippen LogP contribution in [0.2, 0.25) is 5.02 Å². The molecule has 7 heteroatoms. The number of carbonyl (C=O) groups is 1. The Morgan fingerprint density at radius 3 is 2.55 bits per heavy atom. The molecular weight excluding hydrogens is 408 g/mol. The van der Waals surface area contributed by atoms with Crippen LogP contribution in [0.25, 0.3) is 10.2 Å². The maximum absolute atomic E-state index is 13.2. The quantitative estimate of drug-likeness (QED) is 0.398. The largest absolute Gasteiger partial charge is 0.493 e. The second-order valence-corrected chi connectivity index (χ2v) is 7.56. The predicted molar refractivity (Wildman–Crippen MR) is 117 cm³/mol. The van der Waals surface area contributed by atoms with E-state index in [-0.39, 0.29) is 12.5 Å². The average Bonchev–Trinajstić information content (AvgIpc) is 3.16. The van der Waals surface area contributed by atoms with E-state index >= 15 is 0 Å². The maximum atomic E-state index is 13.2. The molecule has 0 aliphatic heterocycles. The van der Waals surface area contributed by atoms with E-state index in [4.69, 9.17) is 21.1 Å². The number of hydrogen-bond donors (Lipinski definition) is 0. The zero-order valence-electron chi connectivity index (χ0n) is 15.5. The first-order chi connectivity index (χ1) is 14.2. The first kappa shape index (κ1) is 19.2. The van der Waals surface area contributed by atoms with Crippen LogP contribution in [0.5, 0.6) is 11.5 Å². The number of halogens is 1. The summed E-state index contributed by atoms with van der Waals surface area (Å²) in [5.41, 5.74) is 1.46. The van der Waals surface area contributed by atoms with Crippen molar-refractivity contribution in [3.05, 3.63) is 77.8 Å². The molecule has 0 atom stereocenters. The molecule has 29 heavy (non-hydrogen) atoms. The van der Waals surface area contributed by atoms with Gasteiger partial charge in [-0.05, 0) is 42.5 Å². The highest BCUT2D eigenvalue weighted by Gasteiger charge is 2.23. The highest BCUT2D eigenvalue weighted by atomic mass is 35.5. The molecule has 1 amide bonds. The number of hydrogen-bond acceptors (Lipinski definition) is 5. The second-order valence-electron chi connectivity index (χ2n) is 6.11. The smallest absolute Gasteiger partial charge is 0.271 e. The number of aromatic nitrogens is 1. The van der Waals surface area contributed by atoms with Crippen molar-refractivity contribution in [3.8, 4) is 11.5 Å². The zero-order chi connectivity index (χ0) is 20.2. The molecule has 0 radical (unpaired) electrons. The average molecular weight is 425 g/mol. The van der Waals surface area contributed by atoms with E-state index in [2.05, 4.69) is 4.98 Å². The third-order valence-electron chi connectivity index (χ3n) is 4.21. The summed E-state index contributed by atoms with van der Waals surface area (Å²) in [6.45, 7) is -0.178. The van der Waals surface area contributed by atoms with Gasteiger partial charge < -0.3 is 9.47 Å². The molecule has 0 aliphatic rings. The van der Waals surface area contributed by atoms with Crippen LogP contribution >= 0.6 is 22.9 Å². The molecule has 1 aromatic heterocycles. The van der Waals surface area contributed by atoms with E-state index < -0.39 is 0 Å². The zero-order valence-corrected chi connectivity index (χ0v) is 17.1.